The predicted octanol–water partition coefficient (Wildman–Crippen LogP) is 2.65. The minimum atomic E-state index is 0.486. The predicted molar refractivity (Wildman–Crippen MR) is 67.3 cm³/mol. The van der Waals surface area contributed by atoms with Crippen LogP contribution in [0.1, 0.15) is 30.1 Å². The Balaban J connectivity index is 1.68. The van der Waals surface area contributed by atoms with Crippen LogP contribution < -0.4 is 5.32 Å². The molecule has 3 rings (SSSR count). The van der Waals surface area contributed by atoms with Gasteiger partial charge in [0.05, 0.1) is 6.33 Å². The van der Waals surface area contributed by atoms with Crippen molar-refractivity contribution in [3.8, 4) is 0 Å². The molecule has 0 spiro atoms. The molecule has 0 saturated heterocycles. The Morgan fingerprint density at radius 1 is 1.29 bits per heavy atom. The van der Waals surface area contributed by atoms with Crippen molar-refractivity contribution in [1.29, 1.82) is 0 Å². The van der Waals surface area contributed by atoms with E-state index in [1.165, 1.54) is 18.4 Å². The molecule has 88 valence electrons. The number of aromatic nitrogens is 2. The first-order valence-electron chi connectivity index (χ1n) is 6.19. The normalized spacial score (nSPS) is 16.9. The van der Waals surface area contributed by atoms with Gasteiger partial charge in [0, 0.05) is 24.5 Å². The summed E-state index contributed by atoms with van der Waals surface area (Å²) < 4.78 is 0. The highest BCUT2D eigenvalue weighted by molar-refractivity contribution is 5.21. The van der Waals surface area contributed by atoms with E-state index in [-0.39, 0.29) is 0 Å². The fourth-order valence-electron chi connectivity index (χ4n) is 2.25. The van der Waals surface area contributed by atoms with Crippen LogP contribution in [0.4, 0.5) is 0 Å². The summed E-state index contributed by atoms with van der Waals surface area (Å²) in [5, 5.41) is 3.63. The highest BCUT2D eigenvalue weighted by Gasteiger charge is 2.31. The van der Waals surface area contributed by atoms with Crippen molar-refractivity contribution in [1.82, 2.24) is 15.3 Å². The van der Waals surface area contributed by atoms with Crippen molar-refractivity contribution in [3.05, 3.63) is 54.1 Å². The average Bonchev–Trinajstić information content (AvgIpc) is 3.07. The number of aromatic amines is 1. The second-order valence-electron chi connectivity index (χ2n) is 4.68. The fraction of sp³-hybridized carbons (Fsp3) is 0.357. The number of benzene rings is 1. The fourth-order valence-corrected chi connectivity index (χ4v) is 2.25. The maximum absolute atomic E-state index is 4.04. The summed E-state index contributed by atoms with van der Waals surface area (Å²) in [7, 11) is 0. The van der Waals surface area contributed by atoms with Crippen molar-refractivity contribution < 1.29 is 0 Å². The standard InChI is InChI=1S/C14H17N3/c1-2-4-11(5-3-1)14(12-6-7-12)16-9-13-8-15-10-17-13/h1-5,8,10,12,14,16H,6-7,9H2,(H,15,17). The van der Waals surface area contributed by atoms with Gasteiger partial charge in [0.25, 0.3) is 0 Å². The second-order valence-corrected chi connectivity index (χ2v) is 4.68. The molecule has 0 aliphatic heterocycles. The topological polar surface area (TPSA) is 40.7 Å². The zero-order valence-electron chi connectivity index (χ0n) is 9.76. The van der Waals surface area contributed by atoms with Gasteiger partial charge in [-0.1, -0.05) is 30.3 Å². The van der Waals surface area contributed by atoms with Crippen LogP contribution in [0.5, 0.6) is 0 Å². The molecule has 1 aliphatic carbocycles. The first kappa shape index (κ1) is 10.5. The van der Waals surface area contributed by atoms with E-state index in [4.69, 9.17) is 0 Å². The zero-order valence-corrected chi connectivity index (χ0v) is 9.76. The van der Waals surface area contributed by atoms with Gasteiger partial charge in [-0.15, -0.1) is 0 Å². The minimum Gasteiger partial charge on any atom is -0.347 e. The van der Waals surface area contributed by atoms with Crippen LogP contribution >= 0.6 is 0 Å². The number of H-pyrrole nitrogens is 1. The molecule has 1 heterocycles. The molecule has 1 atom stereocenters. The zero-order chi connectivity index (χ0) is 11.5. The Kier molecular flexibility index (Phi) is 2.92. The largest absolute Gasteiger partial charge is 0.347 e. The number of nitrogens with one attached hydrogen (secondary N) is 2. The molecule has 1 unspecified atom stereocenters. The minimum absolute atomic E-state index is 0.486. The number of nitrogens with zero attached hydrogens (tertiary/aromatic N) is 1. The van der Waals surface area contributed by atoms with Crippen molar-refractivity contribution in [2.45, 2.75) is 25.4 Å². The van der Waals surface area contributed by atoms with Gasteiger partial charge in [0.2, 0.25) is 0 Å². The lowest BCUT2D eigenvalue weighted by Gasteiger charge is -2.18. The lowest BCUT2D eigenvalue weighted by molar-refractivity contribution is 0.477. The molecule has 1 fully saturated rings. The molecule has 0 radical (unpaired) electrons. The molecular weight excluding hydrogens is 210 g/mol. The van der Waals surface area contributed by atoms with Crippen LogP contribution in [0.15, 0.2) is 42.9 Å². The number of imidazole rings is 1. The first-order valence-corrected chi connectivity index (χ1v) is 6.19. The Labute approximate surface area is 101 Å². The molecule has 0 amide bonds. The smallest absolute Gasteiger partial charge is 0.0922 e. The van der Waals surface area contributed by atoms with Crippen LogP contribution in [-0.4, -0.2) is 9.97 Å². The summed E-state index contributed by atoms with van der Waals surface area (Å²) in [5.41, 5.74) is 2.54. The first-order chi connectivity index (χ1) is 8.43. The number of rotatable bonds is 5. The van der Waals surface area contributed by atoms with Gasteiger partial charge in [-0.3, -0.25) is 0 Å². The summed E-state index contributed by atoms with van der Waals surface area (Å²) in [5.74, 6) is 0.806. The summed E-state index contributed by atoms with van der Waals surface area (Å²) in [6.07, 6.45) is 6.29. The Hall–Kier alpha value is -1.61. The van der Waals surface area contributed by atoms with E-state index in [0.29, 0.717) is 6.04 Å². The molecule has 17 heavy (non-hydrogen) atoms. The molecule has 1 saturated carbocycles. The van der Waals surface area contributed by atoms with Gasteiger partial charge in [-0.05, 0) is 24.3 Å². The third kappa shape index (κ3) is 2.56. The van der Waals surface area contributed by atoms with Crippen LogP contribution in [0.25, 0.3) is 0 Å². The molecule has 3 nitrogen and oxygen atoms in total. The molecule has 3 heteroatoms. The van der Waals surface area contributed by atoms with E-state index in [2.05, 4.69) is 45.6 Å². The molecular formula is C14H17N3. The van der Waals surface area contributed by atoms with Gasteiger partial charge < -0.3 is 10.3 Å². The summed E-state index contributed by atoms with van der Waals surface area (Å²) >= 11 is 0. The molecule has 0 bridgehead atoms. The Morgan fingerprint density at radius 3 is 2.76 bits per heavy atom. The highest BCUT2D eigenvalue weighted by atomic mass is 15.0. The lowest BCUT2D eigenvalue weighted by Crippen LogP contribution is -2.22. The van der Waals surface area contributed by atoms with E-state index >= 15 is 0 Å². The SMILES string of the molecule is c1ccc(C(NCc2cnc[nH]2)C2CC2)cc1. The maximum Gasteiger partial charge on any atom is 0.0922 e. The Morgan fingerprint density at radius 2 is 2.12 bits per heavy atom. The van der Waals surface area contributed by atoms with Crippen molar-refractivity contribution in [3.63, 3.8) is 0 Å². The molecule has 1 aromatic carbocycles. The third-order valence-electron chi connectivity index (χ3n) is 3.32. The van der Waals surface area contributed by atoms with Crippen LogP contribution in [0.3, 0.4) is 0 Å². The third-order valence-corrected chi connectivity index (χ3v) is 3.32. The van der Waals surface area contributed by atoms with Gasteiger partial charge >= 0.3 is 0 Å². The lowest BCUT2D eigenvalue weighted by atomic mass is 10.0. The summed E-state index contributed by atoms with van der Waals surface area (Å²) in [6, 6.07) is 11.2. The van der Waals surface area contributed by atoms with Gasteiger partial charge in [-0.25, -0.2) is 4.98 Å². The van der Waals surface area contributed by atoms with E-state index in [9.17, 15) is 0 Å². The van der Waals surface area contributed by atoms with E-state index in [1.54, 1.807) is 6.33 Å². The van der Waals surface area contributed by atoms with Crippen molar-refractivity contribution in [2.75, 3.05) is 0 Å². The van der Waals surface area contributed by atoms with E-state index in [0.717, 1.165) is 18.2 Å². The summed E-state index contributed by atoms with van der Waals surface area (Å²) in [4.78, 5) is 7.17. The van der Waals surface area contributed by atoms with Gasteiger partial charge in [0.15, 0.2) is 0 Å². The van der Waals surface area contributed by atoms with Gasteiger partial charge in [0.1, 0.15) is 0 Å². The van der Waals surface area contributed by atoms with Crippen molar-refractivity contribution >= 4 is 0 Å². The quantitative estimate of drug-likeness (QED) is 0.824. The van der Waals surface area contributed by atoms with Crippen molar-refractivity contribution in [2.24, 2.45) is 5.92 Å². The van der Waals surface area contributed by atoms with Crippen LogP contribution in [0.2, 0.25) is 0 Å². The summed E-state index contributed by atoms with van der Waals surface area (Å²) in [6.45, 7) is 0.857. The second kappa shape index (κ2) is 4.72. The highest BCUT2D eigenvalue weighted by Crippen LogP contribution is 2.40. The van der Waals surface area contributed by atoms with Crippen LogP contribution in [-0.2, 0) is 6.54 Å². The van der Waals surface area contributed by atoms with E-state index in [1.807, 2.05) is 6.20 Å². The monoisotopic (exact) mass is 227 g/mol. The molecule has 1 aliphatic rings. The maximum atomic E-state index is 4.04. The van der Waals surface area contributed by atoms with Crippen LogP contribution in [0, 0.1) is 5.92 Å². The molecule has 2 N–H and O–H groups in total. The van der Waals surface area contributed by atoms with Gasteiger partial charge in [-0.2, -0.15) is 0 Å². The number of hydrogen-bond donors (Lipinski definition) is 2. The molecule has 1 aromatic heterocycles. The Bertz CT molecular complexity index is 446. The average molecular weight is 227 g/mol. The van der Waals surface area contributed by atoms with E-state index < -0.39 is 0 Å². The number of hydrogen-bond acceptors (Lipinski definition) is 2. The molecule has 2 aromatic rings.